The van der Waals surface area contributed by atoms with Crippen LogP contribution in [0.25, 0.3) is 0 Å². The maximum atomic E-state index is 12.4. The van der Waals surface area contributed by atoms with Crippen molar-refractivity contribution in [3.8, 4) is 0 Å². The highest BCUT2D eigenvalue weighted by atomic mass is 35.5. The van der Waals surface area contributed by atoms with Crippen molar-refractivity contribution < 1.29 is 8.42 Å². The van der Waals surface area contributed by atoms with Crippen LogP contribution in [0, 0.1) is 0 Å². The summed E-state index contributed by atoms with van der Waals surface area (Å²) in [7, 11) is -3.50. The number of rotatable bonds is 3. The van der Waals surface area contributed by atoms with Crippen LogP contribution in [0.1, 0.15) is 0 Å². The lowest BCUT2D eigenvalue weighted by Crippen LogP contribution is -2.48. The van der Waals surface area contributed by atoms with Gasteiger partial charge in [0.1, 0.15) is 5.82 Å². The topological polar surface area (TPSA) is 79.3 Å². The summed E-state index contributed by atoms with van der Waals surface area (Å²) in [5.41, 5.74) is 0. The molecule has 2 aromatic rings. The van der Waals surface area contributed by atoms with E-state index < -0.39 is 10.0 Å². The molecule has 0 unspecified atom stereocenters. The van der Waals surface area contributed by atoms with Crippen molar-refractivity contribution in [1.29, 1.82) is 0 Å². The lowest BCUT2D eigenvalue weighted by atomic mass is 10.3. The number of sulfonamides is 1. The summed E-state index contributed by atoms with van der Waals surface area (Å²) in [4.78, 5) is 14.0. The van der Waals surface area contributed by atoms with E-state index in [1.165, 1.54) is 10.5 Å². The van der Waals surface area contributed by atoms with Crippen LogP contribution in [0.4, 0.5) is 5.82 Å². The molecule has 3 rings (SSSR count). The van der Waals surface area contributed by atoms with Crippen molar-refractivity contribution in [1.82, 2.24) is 19.3 Å². The lowest BCUT2D eigenvalue weighted by Gasteiger charge is -2.34. The summed E-state index contributed by atoms with van der Waals surface area (Å²) in [6.07, 6.45) is 6.21. The number of hydrogen-bond donors (Lipinski definition) is 0. The van der Waals surface area contributed by atoms with Crippen molar-refractivity contribution in [2.45, 2.75) is 4.21 Å². The van der Waals surface area contributed by atoms with Gasteiger partial charge in [0.05, 0.1) is 12.4 Å². The Morgan fingerprint density at radius 2 is 1.86 bits per heavy atom. The highest BCUT2D eigenvalue weighted by Crippen LogP contribution is 2.26. The third-order valence-electron chi connectivity index (χ3n) is 3.16. The molecule has 1 fully saturated rings. The van der Waals surface area contributed by atoms with E-state index in [0.717, 1.165) is 17.2 Å². The number of anilines is 1. The number of halogens is 1. The summed E-state index contributed by atoms with van der Waals surface area (Å²) in [5, 5.41) is 0. The Labute approximate surface area is 131 Å². The second-order valence-electron chi connectivity index (χ2n) is 4.39. The second kappa shape index (κ2) is 5.84. The minimum Gasteiger partial charge on any atom is -0.353 e. The van der Waals surface area contributed by atoms with E-state index in [9.17, 15) is 8.42 Å². The summed E-state index contributed by atoms with van der Waals surface area (Å²) in [6, 6.07) is 0. The van der Waals surface area contributed by atoms with Crippen molar-refractivity contribution in [2.75, 3.05) is 31.1 Å². The van der Waals surface area contributed by atoms with Crippen LogP contribution in [0.3, 0.4) is 0 Å². The minimum atomic E-state index is -3.50. The Kier molecular flexibility index (Phi) is 4.07. The number of aromatic nitrogens is 3. The van der Waals surface area contributed by atoms with Crippen molar-refractivity contribution in [3.63, 3.8) is 0 Å². The molecule has 0 N–H and O–H groups in total. The molecular weight excluding hydrogens is 334 g/mol. The fourth-order valence-corrected chi connectivity index (χ4v) is 4.97. The number of thiazole rings is 1. The molecule has 0 saturated carbocycles. The first-order chi connectivity index (χ1) is 10.1. The predicted molar refractivity (Wildman–Crippen MR) is 80.1 cm³/mol. The van der Waals surface area contributed by atoms with Gasteiger partial charge in [-0.05, 0) is 0 Å². The van der Waals surface area contributed by atoms with Crippen molar-refractivity contribution >= 4 is 38.8 Å². The number of piperazine rings is 1. The van der Waals surface area contributed by atoms with Gasteiger partial charge in [-0.1, -0.05) is 22.9 Å². The highest BCUT2D eigenvalue weighted by molar-refractivity contribution is 7.91. The quantitative estimate of drug-likeness (QED) is 0.828. The maximum Gasteiger partial charge on any atom is 0.254 e. The molecule has 3 heterocycles. The fourth-order valence-electron chi connectivity index (χ4n) is 2.10. The Balaban J connectivity index is 1.71. The summed E-state index contributed by atoms with van der Waals surface area (Å²) in [5.74, 6) is 0.760. The molecule has 0 radical (unpaired) electrons. The molecule has 10 heteroatoms. The summed E-state index contributed by atoms with van der Waals surface area (Å²) >= 11 is 6.68. The van der Waals surface area contributed by atoms with Crippen LogP contribution in [-0.2, 0) is 10.0 Å². The van der Waals surface area contributed by atoms with Crippen LogP contribution in [0.2, 0.25) is 4.47 Å². The van der Waals surface area contributed by atoms with Crippen LogP contribution in [0.15, 0.2) is 29.0 Å². The Hall–Kier alpha value is -1.29. The molecule has 0 amide bonds. The average Bonchev–Trinajstić information content (AvgIpc) is 2.96. The normalized spacial score (nSPS) is 17.1. The van der Waals surface area contributed by atoms with Gasteiger partial charge in [-0.2, -0.15) is 4.31 Å². The van der Waals surface area contributed by atoms with Gasteiger partial charge >= 0.3 is 0 Å². The molecule has 0 spiro atoms. The van der Waals surface area contributed by atoms with Gasteiger partial charge in [-0.25, -0.2) is 18.4 Å². The third-order valence-corrected chi connectivity index (χ3v) is 6.61. The molecule has 0 aliphatic carbocycles. The van der Waals surface area contributed by atoms with Gasteiger partial charge in [0, 0.05) is 38.6 Å². The standard InChI is InChI=1S/C11H12ClN5O2S2/c12-11-15-8-10(20-11)21(18,19)17-5-3-16(4-6-17)9-7-13-1-2-14-9/h1-2,7-8H,3-6H2. The molecule has 21 heavy (non-hydrogen) atoms. The SMILES string of the molecule is O=S(=O)(c1cnc(Cl)s1)N1CCN(c2cnccn2)CC1. The minimum absolute atomic E-state index is 0.181. The summed E-state index contributed by atoms with van der Waals surface area (Å²) in [6.45, 7) is 1.94. The zero-order chi connectivity index (χ0) is 14.9. The first kappa shape index (κ1) is 14.6. The van der Waals surface area contributed by atoms with Gasteiger partial charge in [-0.3, -0.25) is 4.98 Å². The number of hydrogen-bond acceptors (Lipinski definition) is 7. The Morgan fingerprint density at radius 3 is 2.43 bits per heavy atom. The van der Waals surface area contributed by atoms with E-state index in [2.05, 4.69) is 15.0 Å². The van der Waals surface area contributed by atoms with E-state index in [-0.39, 0.29) is 8.68 Å². The molecule has 2 aromatic heterocycles. The summed E-state index contributed by atoms with van der Waals surface area (Å²) < 4.78 is 26.7. The van der Waals surface area contributed by atoms with E-state index in [0.29, 0.717) is 26.2 Å². The highest BCUT2D eigenvalue weighted by Gasteiger charge is 2.30. The third kappa shape index (κ3) is 3.00. The largest absolute Gasteiger partial charge is 0.353 e. The first-order valence-corrected chi connectivity index (χ1v) is 8.83. The molecule has 0 bridgehead atoms. The molecule has 0 atom stereocenters. The maximum absolute atomic E-state index is 12.4. The predicted octanol–water partition coefficient (Wildman–Crippen LogP) is 1.10. The van der Waals surface area contributed by atoms with Crippen molar-refractivity contribution in [3.05, 3.63) is 29.3 Å². The molecule has 1 aliphatic heterocycles. The average molecular weight is 346 g/mol. The molecule has 1 saturated heterocycles. The van der Waals surface area contributed by atoms with Crippen LogP contribution < -0.4 is 4.90 Å². The zero-order valence-corrected chi connectivity index (χ0v) is 13.3. The number of nitrogens with zero attached hydrogens (tertiary/aromatic N) is 5. The van der Waals surface area contributed by atoms with Crippen LogP contribution >= 0.6 is 22.9 Å². The molecular formula is C11H12ClN5O2S2. The lowest BCUT2D eigenvalue weighted by molar-refractivity contribution is 0.384. The zero-order valence-electron chi connectivity index (χ0n) is 10.9. The van der Waals surface area contributed by atoms with Crippen LogP contribution in [0.5, 0.6) is 0 Å². The first-order valence-electron chi connectivity index (χ1n) is 6.20. The van der Waals surface area contributed by atoms with E-state index in [1.807, 2.05) is 4.90 Å². The van der Waals surface area contributed by atoms with Crippen molar-refractivity contribution in [2.24, 2.45) is 0 Å². The molecule has 1 aliphatic rings. The smallest absolute Gasteiger partial charge is 0.254 e. The fraction of sp³-hybridized carbons (Fsp3) is 0.364. The van der Waals surface area contributed by atoms with Gasteiger partial charge < -0.3 is 4.90 Å². The Bertz CT molecular complexity index is 713. The van der Waals surface area contributed by atoms with Gasteiger partial charge in [0.25, 0.3) is 10.0 Å². The van der Waals surface area contributed by atoms with Gasteiger partial charge in [0.15, 0.2) is 8.68 Å². The van der Waals surface area contributed by atoms with E-state index in [4.69, 9.17) is 11.6 Å². The van der Waals surface area contributed by atoms with E-state index in [1.54, 1.807) is 18.6 Å². The van der Waals surface area contributed by atoms with Crippen LogP contribution in [-0.4, -0.2) is 53.9 Å². The molecule has 7 nitrogen and oxygen atoms in total. The second-order valence-corrected chi connectivity index (χ2v) is 8.16. The monoisotopic (exact) mass is 345 g/mol. The Morgan fingerprint density at radius 1 is 1.10 bits per heavy atom. The van der Waals surface area contributed by atoms with Gasteiger partial charge in [-0.15, -0.1) is 0 Å². The molecule has 112 valence electrons. The molecule has 0 aromatic carbocycles. The van der Waals surface area contributed by atoms with E-state index >= 15 is 0 Å². The van der Waals surface area contributed by atoms with Gasteiger partial charge in [0.2, 0.25) is 0 Å².